The van der Waals surface area contributed by atoms with Gasteiger partial charge in [0.1, 0.15) is 18.3 Å². The van der Waals surface area contributed by atoms with Crippen molar-refractivity contribution in [2.75, 3.05) is 18.5 Å². The molecule has 3 heterocycles. The third kappa shape index (κ3) is 6.29. The molecule has 3 atom stereocenters. The molecule has 2 fully saturated rings. The van der Waals surface area contributed by atoms with Gasteiger partial charge in [0.05, 0.1) is 29.9 Å². The van der Waals surface area contributed by atoms with Gasteiger partial charge >= 0.3 is 6.01 Å². The number of rotatable bonds is 10. The fraction of sp³-hybridized carbons (Fsp3) is 0.762. The Morgan fingerprint density at radius 2 is 2.00 bits per heavy atom. The fourth-order valence-electron chi connectivity index (χ4n) is 4.10. The van der Waals surface area contributed by atoms with Crippen LogP contribution >= 0.6 is 8.38 Å². The number of nitrogens with one attached hydrogen (secondary N) is 1. The lowest BCUT2D eigenvalue weighted by Gasteiger charge is -2.19. The van der Waals surface area contributed by atoms with Crippen LogP contribution in [0.5, 0.6) is 6.01 Å². The molecule has 4 rings (SSSR count). The molecule has 33 heavy (non-hydrogen) atoms. The molecule has 0 radical (unpaired) electrons. The first kappa shape index (κ1) is 24.5. The smallest absolute Gasteiger partial charge is 0.320 e. The molecule has 1 saturated heterocycles. The summed E-state index contributed by atoms with van der Waals surface area (Å²) in [6, 6.07) is 0.529. The van der Waals surface area contributed by atoms with E-state index >= 15 is 0 Å². The van der Waals surface area contributed by atoms with E-state index in [-0.39, 0.29) is 31.6 Å². The quantitative estimate of drug-likeness (QED) is 0.372. The number of fused-ring (bicyclic) bond motifs is 1. The van der Waals surface area contributed by atoms with Gasteiger partial charge in [-0.15, -0.1) is 0 Å². The van der Waals surface area contributed by atoms with Crippen molar-refractivity contribution in [2.45, 2.75) is 89.1 Å². The van der Waals surface area contributed by atoms with E-state index in [1.54, 1.807) is 31.6 Å². The predicted octanol–water partition coefficient (Wildman–Crippen LogP) is 2.67. The molecule has 0 amide bonds. The zero-order valence-electron chi connectivity index (χ0n) is 19.3. The molecule has 11 nitrogen and oxygen atoms in total. The average molecular weight is 484 g/mol. The number of anilines is 1. The minimum atomic E-state index is -2.13. The highest BCUT2D eigenvalue weighted by molar-refractivity contribution is 7.45. The second-order valence-electron chi connectivity index (χ2n) is 9.45. The summed E-state index contributed by atoms with van der Waals surface area (Å²) in [7, 11) is -2.13. The molecular weight excluding hydrogens is 449 g/mol. The van der Waals surface area contributed by atoms with Crippen molar-refractivity contribution < 1.29 is 29.1 Å². The maximum absolute atomic E-state index is 10.1. The lowest BCUT2D eigenvalue weighted by molar-refractivity contribution is -0.0490. The van der Waals surface area contributed by atoms with Crippen molar-refractivity contribution in [3.63, 3.8) is 0 Å². The average Bonchev–Trinajstić information content (AvgIpc) is 3.50. The van der Waals surface area contributed by atoms with Gasteiger partial charge in [-0.1, -0.05) is 12.8 Å². The highest BCUT2D eigenvalue weighted by atomic mass is 31.2. The lowest BCUT2D eigenvalue weighted by Crippen LogP contribution is -2.28. The Kier molecular flexibility index (Phi) is 7.67. The van der Waals surface area contributed by atoms with E-state index in [9.17, 15) is 14.9 Å². The third-order valence-corrected chi connectivity index (χ3v) is 6.69. The van der Waals surface area contributed by atoms with Crippen molar-refractivity contribution in [3.8, 4) is 6.01 Å². The van der Waals surface area contributed by atoms with Crippen LogP contribution in [0.4, 0.5) is 5.82 Å². The maximum atomic E-state index is 10.1. The second-order valence-corrected chi connectivity index (χ2v) is 10.8. The summed E-state index contributed by atoms with van der Waals surface area (Å²) in [4.78, 5) is 27.7. The second kappa shape index (κ2) is 10.3. The van der Waals surface area contributed by atoms with Crippen molar-refractivity contribution in [1.82, 2.24) is 19.7 Å². The van der Waals surface area contributed by atoms with E-state index in [1.165, 1.54) is 12.8 Å². The molecule has 4 N–H and O–H groups in total. The van der Waals surface area contributed by atoms with Crippen molar-refractivity contribution in [3.05, 3.63) is 6.20 Å². The van der Waals surface area contributed by atoms with E-state index in [4.69, 9.17) is 14.2 Å². The Bertz CT molecular complexity index is 930. The van der Waals surface area contributed by atoms with Crippen molar-refractivity contribution in [2.24, 2.45) is 0 Å². The van der Waals surface area contributed by atoms with Gasteiger partial charge in [0.2, 0.25) is 0 Å². The van der Waals surface area contributed by atoms with Crippen LogP contribution in [-0.4, -0.2) is 71.4 Å². The summed E-state index contributed by atoms with van der Waals surface area (Å²) in [6.07, 6.45) is 7.30. The first-order valence-corrected chi connectivity index (χ1v) is 12.8. The van der Waals surface area contributed by atoms with Gasteiger partial charge in [-0.3, -0.25) is 0 Å². The van der Waals surface area contributed by atoms with Crippen LogP contribution in [0.15, 0.2) is 6.20 Å². The summed E-state index contributed by atoms with van der Waals surface area (Å²) >= 11 is 0. The van der Waals surface area contributed by atoms with Gasteiger partial charge in [-0.05, 0) is 46.5 Å². The molecule has 0 bridgehead atoms. The number of hydrogen-bond acceptors (Lipinski definition) is 10. The van der Waals surface area contributed by atoms with Gasteiger partial charge in [-0.25, -0.2) is 4.68 Å². The third-order valence-electron chi connectivity index (χ3n) is 5.89. The molecule has 3 unspecified atom stereocenters. The normalized spacial score (nSPS) is 23.0. The van der Waals surface area contributed by atoms with Crippen LogP contribution in [0.3, 0.4) is 0 Å². The minimum absolute atomic E-state index is 0.0608. The molecule has 0 aromatic carbocycles. The van der Waals surface area contributed by atoms with Crippen LogP contribution in [0.2, 0.25) is 0 Å². The van der Waals surface area contributed by atoms with Crippen LogP contribution < -0.4 is 10.1 Å². The minimum Gasteiger partial charge on any atom is -0.460 e. The summed E-state index contributed by atoms with van der Waals surface area (Å²) in [5.74, 6) is 0.0514. The predicted molar refractivity (Wildman–Crippen MR) is 123 cm³/mol. The Hall–Kier alpha value is -1.62. The molecule has 1 aliphatic heterocycles. The van der Waals surface area contributed by atoms with Gasteiger partial charge in [-0.2, -0.15) is 15.1 Å². The zero-order chi connectivity index (χ0) is 23.6. The molecule has 184 valence electrons. The van der Waals surface area contributed by atoms with Crippen molar-refractivity contribution >= 4 is 25.2 Å². The van der Waals surface area contributed by atoms with E-state index < -0.39 is 19.8 Å². The van der Waals surface area contributed by atoms with Gasteiger partial charge in [0.15, 0.2) is 20.3 Å². The van der Waals surface area contributed by atoms with Gasteiger partial charge in [0, 0.05) is 6.04 Å². The molecule has 2 aromatic rings. The molecule has 0 spiro atoms. The first-order chi connectivity index (χ1) is 15.7. The number of aromatic nitrogens is 4. The first-order valence-electron chi connectivity index (χ1n) is 11.5. The molecule has 12 heteroatoms. The van der Waals surface area contributed by atoms with Crippen LogP contribution in [0.25, 0.3) is 11.0 Å². The van der Waals surface area contributed by atoms with Crippen LogP contribution in [0.1, 0.15) is 65.5 Å². The monoisotopic (exact) mass is 483 g/mol. The highest BCUT2D eigenvalue weighted by Gasteiger charge is 2.31. The molecule has 2 aliphatic rings. The number of hydrogen-bond donors (Lipinski definition) is 4. The summed E-state index contributed by atoms with van der Waals surface area (Å²) in [5.41, 5.74) is -0.412. The Morgan fingerprint density at radius 1 is 1.24 bits per heavy atom. The SMILES string of the molecule is CC(OCC1CCC(n2ncc3c(NC4CCCC4)nc(OCC(C)(C)O)nc32)O1)P(O)O. The number of aliphatic hydroxyl groups is 1. The van der Waals surface area contributed by atoms with E-state index in [2.05, 4.69) is 20.4 Å². The summed E-state index contributed by atoms with van der Waals surface area (Å²) in [6.45, 7) is 5.30. The molecule has 1 aliphatic carbocycles. The number of nitrogens with zero attached hydrogens (tertiary/aromatic N) is 4. The molecular formula is C21H34N5O6P. The maximum Gasteiger partial charge on any atom is 0.320 e. The Morgan fingerprint density at radius 3 is 2.70 bits per heavy atom. The Labute approximate surface area is 194 Å². The Balaban J connectivity index is 1.54. The standard InChI is InChI=1S/C21H34N5O6P/c1-13(33(28)29)30-11-15-8-9-17(32-15)26-19-16(10-22-26)18(23-14-6-4-5-7-14)24-20(25-19)31-12-21(2,3)27/h10,13-15,17,27-29H,4-9,11-12H2,1-3H3,(H,23,24,25). The lowest BCUT2D eigenvalue weighted by atomic mass is 10.2. The van der Waals surface area contributed by atoms with E-state index in [1.807, 2.05) is 0 Å². The highest BCUT2D eigenvalue weighted by Crippen LogP contribution is 2.35. The largest absolute Gasteiger partial charge is 0.460 e. The van der Waals surface area contributed by atoms with E-state index in [0.29, 0.717) is 17.5 Å². The summed E-state index contributed by atoms with van der Waals surface area (Å²) < 4.78 is 19.1. The van der Waals surface area contributed by atoms with Crippen molar-refractivity contribution in [1.29, 1.82) is 0 Å². The summed E-state index contributed by atoms with van der Waals surface area (Å²) in [5, 5.41) is 18.9. The zero-order valence-corrected chi connectivity index (χ0v) is 20.2. The van der Waals surface area contributed by atoms with E-state index in [0.717, 1.165) is 31.1 Å². The number of ether oxygens (including phenoxy) is 3. The topological polar surface area (TPSA) is 144 Å². The molecule has 2 aromatic heterocycles. The van der Waals surface area contributed by atoms with Gasteiger partial charge < -0.3 is 34.4 Å². The van der Waals surface area contributed by atoms with Gasteiger partial charge in [0.25, 0.3) is 0 Å². The van der Waals surface area contributed by atoms with Crippen LogP contribution in [0, 0.1) is 0 Å². The molecule has 1 saturated carbocycles. The van der Waals surface area contributed by atoms with Crippen LogP contribution in [-0.2, 0) is 9.47 Å². The fourth-order valence-corrected chi connectivity index (χ4v) is 4.32.